The highest BCUT2D eigenvalue weighted by Crippen LogP contribution is 2.46. The zero-order chi connectivity index (χ0) is 35.0. The standard InChI is InChI=1S/C48H30N4S/c1-29-22-23-31-24-26-37-35-18-10-19-36(38-20-11-21-39-42-34-17-9-8-12-30(34)25-27-41(42)53-45(38)39)43(35)52(44(37)40(31)28-29)48-50-46(32-13-4-2-5-14-32)49-47(51-48)33-15-6-3-7-16-33/h2-28H,1H3. The van der Waals surface area contributed by atoms with Gasteiger partial charge in [-0.15, -0.1) is 11.3 Å². The minimum atomic E-state index is 0.591. The third-order valence-electron chi connectivity index (χ3n) is 10.5. The van der Waals surface area contributed by atoms with E-state index in [9.17, 15) is 0 Å². The molecule has 0 bridgehead atoms. The summed E-state index contributed by atoms with van der Waals surface area (Å²) in [6, 6.07) is 58.3. The molecule has 0 radical (unpaired) electrons. The number of fused-ring (bicyclic) bond motifs is 10. The molecular weight excluding hydrogens is 665 g/mol. The molecule has 0 saturated carbocycles. The van der Waals surface area contributed by atoms with Crippen molar-refractivity contribution in [2.24, 2.45) is 0 Å². The zero-order valence-corrected chi connectivity index (χ0v) is 29.6. The first-order chi connectivity index (χ1) is 26.2. The van der Waals surface area contributed by atoms with E-state index in [4.69, 9.17) is 15.0 Å². The Hall–Kier alpha value is -6.69. The van der Waals surface area contributed by atoms with Gasteiger partial charge in [0.1, 0.15) is 0 Å². The summed E-state index contributed by atoms with van der Waals surface area (Å²) in [5.41, 5.74) is 7.60. The fourth-order valence-corrected chi connectivity index (χ4v) is 9.33. The van der Waals surface area contributed by atoms with E-state index in [-0.39, 0.29) is 0 Å². The lowest BCUT2D eigenvalue weighted by molar-refractivity contribution is 0.955. The van der Waals surface area contributed by atoms with Crippen LogP contribution in [0.3, 0.4) is 0 Å². The van der Waals surface area contributed by atoms with Gasteiger partial charge < -0.3 is 0 Å². The first-order valence-electron chi connectivity index (χ1n) is 17.9. The number of para-hydroxylation sites is 1. The molecule has 8 aromatic carbocycles. The lowest BCUT2D eigenvalue weighted by atomic mass is 9.98. The van der Waals surface area contributed by atoms with Crippen LogP contribution in [-0.4, -0.2) is 19.5 Å². The monoisotopic (exact) mass is 694 g/mol. The van der Waals surface area contributed by atoms with Crippen LogP contribution < -0.4 is 0 Å². The number of nitrogens with zero attached hydrogens (tertiary/aromatic N) is 4. The van der Waals surface area contributed by atoms with Crippen LogP contribution in [0, 0.1) is 6.92 Å². The van der Waals surface area contributed by atoms with Crippen LogP contribution in [0.15, 0.2) is 164 Å². The molecule has 4 nitrogen and oxygen atoms in total. The molecule has 0 N–H and O–H groups in total. The van der Waals surface area contributed by atoms with Crippen LogP contribution in [0.1, 0.15) is 5.56 Å². The molecule has 0 aliphatic rings. The van der Waals surface area contributed by atoms with Gasteiger partial charge in [0.2, 0.25) is 5.95 Å². The molecule has 5 heteroatoms. The molecule has 0 spiro atoms. The smallest absolute Gasteiger partial charge is 0.238 e. The van der Waals surface area contributed by atoms with Crippen molar-refractivity contribution >= 4 is 74.9 Å². The lowest BCUT2D eigenvalue weighted by Crippen LogP contribution is -2.07. The Labute approximate surface area is 309 Å². The van der Waals surface area contributed by atoms with E-state index in [0.29, 0.717) is 17.6 Å². The Morgan fingerprint density at radius 2 is 1.06 bits per heavy atom. The number of rotatable bonds is 4. The van der Waals surface area contributed by atoms with E-state index in [1.165, 1.54) is 52.8 Å². The second kappa shape index (κ2) is 11.7. The summed E-state index contributed by atoms with van der Waals surface area (Å²) in [7, 11) is 0. The Balaban J connectivity index is 1.30. The summed E-state index contributed by atoms with van der Waals surface area (Å²) < 4.78 is 4.87. The van der Waals surface area contributed by atoms with Gasteiger partial charge in [0.25, 0.3) is 0 Å². The topological polar surface area (TPSA) is 43.6 Å². The van der Waals surface area contributed by atoms with Crippen molar-refractivity contribution < 1.29 is 0 Å². The molecule has 0 aliphatic carbocycles. The molecule has 3 heterocycles. The van der Waals surface area contributed by atoms with E-state index in [2.05, 4.69) is 139 Å². The van der Waals surface area contributed by atoms with E-state index in [1.54, 1.807) is 0 Å². The molecule has 11 aromatic rings. The minimum absolute atomic E-state index is 0.591. The van der Waals surface area contributed by atoms with Crippen LogP contribution in [0.25, 0.3) is 103 Å². The van der Waals surface area contributed by atoms with Crippen molar-refractivity contribution in [3.8, 4) is 39.9 Å². The zero-order valence-electron chi connectivity index (χ0n) is 28.8. The molecule has 3 aromatic heterocycles. The average Bonchev–Trinajstić information content (AvgIpc) is 3.78. The Morgan fingerprint density at radius 3 is 1.83 bits per heavy atom. The first kappa shape index (κ1) is 30.0. The highest BCUT2D eigenvalue weighted by molar-refractivity contribution is 7.26. The molecule has 0 unspecified atom stereocenters. The molecular formula is C48H30N4S. The van der Waals surface area contributed by atoms with Crippen LogP contribution >= 0.6 is 11.3 Å². The van der Waals surface area contributed by atoms with Gasteiger partial charge in [0.05, 0.1) is 11.0 Å². The van der Waals surface area contributed by atoms with Crippen molar-refractivity contribution in [3.05, 3.63) is 169 Å². The molecule has 0 fully saturated rings. The maximum Gasteiger partial charge on any atom is 0.238 e. The number of benzene rings is 8. The largest absolute Gasteiger partial charge is 0.277 e. The van der Waals surface area contributed by atoms with Gasteiger partial charge >= 0.3 is 0 Å². The van der Waals surface area contributed by atoms with Gasteiger partial charge in [-0.25, -0.2) is 4.98 Å². The van der Waals surface area contributed by atoms with Gasteiger partial charge in [-0.2, -0.15) is 9.97 Å². The number of thiophene rings is 1. The number of hydrogen-bond acceptors (Lipinski definition) is 4. The molecule has 248 valence electrons. The highest BCUT2D eigenvalue weighted by atomic mass is 32.1. The fourth-order valence-electron chi connectivity index (χ4n) is 8.08. The van der Waals surface area contributed by atoms with E-state index >= 15 is 0 Å². The van der Waals surface area contributed by atoms with Gasteiger partial charge in [0.15, 0.2) is 11.6 Å². The van der Waals surface area contributed by atoms with Crippen LogP contribution in [0.5, 0.6) is 0 Å². The number of aromatic nitrogens is 4. The van der Waals surface area contributed by atoms with Crippen molar-refractivity contribution in [3.63, 3.8) is 0 Å². The van der Waals surface area contributed by atoms with Crippen molar-refractivity contribution in [2.45, 2.75) is 6.92 Å². The third kappa shape index (κ3) is 4.64. The lowest BCUT2D eigenvalue weighted by Gasteiger charge is -2.14. The van der Waals surface area contributed by atoms with Gasteiger partial charge in [-0.1, -0.05) is 157 Å². The summed E-state index contributed by atoms with van der Waals surface area (Å²) in [4.78, 5) is 15.7. The van der Waals surface area contributed by atoms with E-state index in [1.807, 2.05) is 47.7 Å². The van der Waals surface area contributed by atoms with Crippen molar-refractivity contribution in [2.75, 3.05) is 0 Å². The van der Waals surface area contributed by atoms with Crippen molar-refractivity contribution in [1.29, 1.82) is 0 Å². The van der Waals surface area contributed by atoms with Crippen LogP contribution in [-0.2, 0) is 0 Å². The van der Waals surface area contributed by atoms with Crippen LogP contribution in [0.4, 0.5) is 0 Å². The van der Waals surface area contributed by atoms with Gasteiger partial charge in [-0.3, -0.25) is 4.57 Å². The Kier molecular flexibility index (Phi) is 6.60. The third-order valence-corrected chi connectivity index (χ3v) is 11.7. The maximum atomic E-state index is 5.31. The fraction of sp³-hybridized carbons (Fsp3) is 0.0208. The predicted octanol–water partition coefficient (Wildman–Crippen LogP) is 13.0. The highest BCUT2D eigenvalue weighted by Gasteiger charge is 2.23. The minimum Gasteiger partial charge on any atom is -0.277 e. The summed E-state index contributed by atoms with van der Waals surface area (Å²) in [5.74, 6) is 1.86. The first-order valence-corrected chi connectivity index (χ1v) is 18.7. The SMILES string of the molecule is Cc1ccc2ccc3c4cccc(-c5cccc6c5sc5ccc7ccccc7c56)c4n(-c4nc(-c5ccccc5)nc(-c5ccccc5)n4)c3c2c1. The van der Waals surface area contributed by atoms with E-state index < -0.39 is 0 Å². The molecule has 0 amide bonds. The van der Waals surface area contributed by atoms with Gasteiger partial charge in [-0.05, 0) is 35.2 Å². The second-order valence-electron chi connectivity index (χ2n) is 13.7. The number of hydrogen-bond donors (Lipinski definition) is 0. The summed E-state index contributed by atoms with van der Waals surface area (Å²) in [6.45, 7) is 2.16. The second-order valence-corrected chi connectivity index (χ2v) is 14.7. The normalized spacial score (nSPS) is 11.9. The quantitative estimate of drug-likeness (QED) is 0.184. The number of aryl methyl sites for hydroxylation is 1. The molecule has 53 heavy (non-hydrogen) atoms. The summed E-state index contributed by atoms with van der Waals surface area (Å²) in [5, 5.41) is 9.80. The van der Waals surface area contributed by atoms with E-state index in [0.717, 1.165) is 38.5 Å². The molecule has 0 aliphatic heterocycles. The predicted molar refractivity (Wildman–Crippen MR) is 223 cm³/mol. The van der Waals surface area contributed by atoms with Gasteiger partial charge in [0, 0.05) is 58.6 Å². The average molecular weight is 695 g/mol. The maximum absolute atomic E-state index is 5.31. The Morgan fingerprint density at radius 1 is 0.453 bits per heavy atom. The van der Waals surface area contributed by atoms with Crippen LogP contribution in [0.2, 0.25) is 0 Å². The molecule has 0 atom stereocenters. The molecule has 0 saturated heterocycles. The molecule has 11 rings (SSSR count). The van der Waals surface area contributed by atoms with Crippen molar-refractivity contribution in [1.82, 2.24) is 19.5 Å². The summed E-state index contributed by atoms with van der Waals surface area (Å²) >= 11 is 1.87. The Bertz CT molecular complexity index is 3180. The summed E-state index contributed by atoms with van der Waals surface area (Å²) in [6.07, 6.45) is 0.